The number of rotatable bonds is 8. The topological polar surface area (TPSA) is 86.6 Å². The van der Waals surface area contributed by atoms with E-state index in [0.717, 1.165) is 0 Å². The number of nitrogens with one attached hydrogen (secondary N) is 1. The smallest absolute Gasteiger partial charge is 0.341 e. The first-order valence-electron chi connectivity index (χ1n) is 8.60. The number of aliphatic hydroxyl groups excluding tert-OH is 1. The summed E-state index contributed by atoms with van der Waals surface area (Å²) in [5.41, 5.74) is -2.95. The number of hydrogen-bond acceptors (Lipinski definition) is 4. The molecular formula is C20H16F5NO4. The van der Waals surface area contributed by atoms with E-state index in [9.17, 15) is 41.8 Å². The number of carbonyl (C=O) groups excluding carboxylic acids is 1. The van der Waals surface area contributed by atoms with E-state index in [1.807, 2.05) is 0 Å². The van der Waals surface area contributed by atoms with Gasteiger partial charge in [0.1, 0.15) is 11.1 Å². The van der Waals surface area contributed by atoms with Crippen LogP contribution in [0.5, 0.6) is 0 Å². The molecule has 2 rings (SSSR count). The Labute approximate surface area is 167 Å². The zero-order valence-corrected chi connectivity index (χ0v) is 15.5. The Morgan fingerprint density at radius 3 is 1.87 bits per heavy atom. The van der Waals surface area contributed by atoms with Gasteiger partial charge in [0.05, 0.1) is 12.6 Å². The van der Waals surface area contributed by atoms with Crippen LogP contribution in [0, 0.1) is 29.1 Å². The molecule has 2 aromatic rings. The fraction of sp³-hybridized carbons (Fsp3) is 0.200. The molecule has 0 saturated carbocycles. The van der Waals surface area contributed by atoms with Crippen molar-refractivity contribution in [1.82, 2.24) is 5.32 Å². The molecular weight excluding hydrogens is 413 g/mol. The second-order valence-corrected chi connectivity index (χ2v) is 6.08. The van der Waals surface area contributed by atoms with Gasteiger partial charge in [-0.1, -0.05) is 37.3 Å². The Kier molecular flexibility index (Phi) is 7.28. The third-order valence-corrected chi connectivity index (χ3v) is 4.27. The zero-order valence-electron chi connectivity index (χ0n) is 15.5. The lowest BCUT2D eigenvalue weighted by atomic mass is 9.97. The van der Waals surface area contributed by atoms with Crippen LogP contribution in [-0.4, -0.2) is 28.6 Å². The molecule has 3 N–H and O–H groups in total. The third-order valence-electron chi connectivity index (χ3n) is 4.27. The van der Waals surface area contributed by atoms with Crippen molar-refractivity contribution in [2.45, 2.75) is 19.4 Å². The molecule has 1 atom stereocenters. The minimum absolute atomic E-state index is 0.188. The minimum atomic E-state index is -2.47. The molecule has 0 aliphatic carbocycles. The van der Waals surface area contributed by atoms with E-state index in [1.54, 1.807) is 30.3 Å². The molecule has 0 radical (unpaired) electrons. The van der Waals surface area contributed by atoms with Gasteiger partial charge < -0.3 is 15.5 Å². The Morgan fingerprint density at radius 2 is 1.43 bits per heavy atom. The summed E-state index contributed by atoms with van der Waals surface area (Å²) in [7, 11) is 0. The molecule has 30 heavy (non-hydrogen) atoms. The summed E-state index contributed by atoms with van der Waals surface area (Å²) in [5, 5.41) is 21.7. The van der Waals surface area contributed by atoms with Crippen molar-refractivity contribution in [3.63, 3.8) is 0 Å². The quantitative estimate of drug-likeness (QED) is 0.114. The number of carboxylic acids is 1. The maximum Gasteiger partial charge on any atom is 0.341 e. The number of halogens is 5. The van der Waals surface area contributed by atoms with E-state index in [1.165, 1.54) is 6.92 Å². The SMILES string of the molecule is CCC(N[C@H](CO)c1ccccc1)=C(C(=O)O)C(=O)c1c(F)c(F)c(F)c(F)c1F. The van der Waals surface area contributed by atoms with Crippen LogP contribution < -0.4 is 5.32 Å². The lowest BCUT2D eigenvalue weighted by Gasteiger charge is -2.21. The first kappa shape index (κ1) is 23.0. The molecule has 5 nitrogen and oxygen atoms in total. The molecule has 10 heteroatoms. The lowest BCUT2D eigenvalue weighted by Crippen LogP contribution is -2.29. The molecule has 0 spiro atoms. The van der Waals surface area contributed by atoms with Crippen LogP contribution in [0.25, 0.3) is 0 Å². The van der Waals surface area contributed by atoms with Gasteiger partial charge in [0.2, 0.25) is 11.6 Å². The second-order valence-electron chi connectivity index (χ2n) is 6.08. The molecule has 0 aliphatic heterocycles. The van der Waals surface area contributed by atoms with Gasteiger partial charge in [0.15, 0.2) is 23.3 Å². The van der Waals surface area contributed by atoms with Gasteiger partial charge in [-0.3, -0.25) is 4.79 Å². The molecule has 0 amide bonds. The van der Waals surface area contributed by atoms with Gasteiger partial charge in [0, 0.05) is 5.70 Å². The number of allylic oxidation sites excluding steroid dienone is 1. The van der Waals surface area contributed by atoms with Crippen LogP contribution >= 0.6 is 0 Å². The van der Waals surface area contributed by atoms with Crippen LogP contribution in [0.3, 0.4) is 0 Å². The summed E-state index contributed by atoms with van der Waals surface area (Å²) in [6.07, 6.45) is -0.188. The zero-order chi connectivity index (χ0) is 22.6. The van der Waals surface area contributed by atoms with Crippen LogP contribution in [0.2, 0.25) is 0 Å². The van der Waals surface area contributed by atoms with E-state index in [2.05, 4.69) is 5.32 Å². The summed E-state index contributed by atoms with van der Waals surface area (Å²) in [5.74, 6) is -15.9. The molecule has 0 aliphatic rings. The molecule has 160 valence electrons. The van der Waals surface area contributed by atoms with E-state index in [-0.39, 0.29) is 12.1 Å². The Morgan fingerprint density at radius 1 is 0.933 bits per heavy atom. The highest BCUT2D eigenvalue weighted by Gasteiger charge is 2.34. The average Bonchev–Trinajstić information content (AvgIpc) is 2.74. The molecule has 0 heterocycles. The summed E-state index contributed by atoms with van der Waals surface area (Å²) < 4.78 is 68.2. The fourth-order valence-electron chi connectivity index (χ4n) is 2.77. The molecule has 0 bridgehead atoms. The first-order chi connectivity index (χ1) is 14.1. The molecule has 0 unspecified atom stereocenters. The van der Waals surface area contributed by atoms with Gasteiger partial charge in [-0.05, 0) is 12.0 Å². The van der Waals surface area contributed by atoms with Crippen LogP contribution in [0.4, 0.5) is 22.0 Å². The normalized spacial score (nSPS) is 12.9. The molecule has 0 saturated heterocycles. The highest BCUT2D eigenvalue weighted by molar-refractivity contribution is 6.24. The number of hydrogen-bond donors (Lipinski definition) is 3. The van der Waals surface area contributed by atoms with Gasteiger partial charge in [-0.2, -0.15) is 0 Å². The number of Topliss-reactive ketones (excluding diaryl/α,β-unsaturated/α-hetero) is 1. The second kappa shape index (κ2) is 9.49. The maximum atomic E-state index is 14.0. The number of benzene rings is 2. The molecule has 0 aromatic heterocycles. The van der Waals surface area contributed by atoms with Crippen molar-refractivity contribution in [2.75, 3.05) is 6.61 Å². The molecule has 2 aromatic carbocycles. The van der Waals surface area contributed by atoms with Crippen molar-refractivity contribution in [3.05, 3.63) is 81.8 Å². The summed E-state index contributed by atoms with van der Waals surface area (Å²) >= 11 is 0. The Hall–Kier alpha value is -3.27. The predicted molar refractivity (Wildman–Crippen MR) is 94.9 cm³/mol. The highest BCUT2D eigenvalue weighted by atomic mass is 19.2. The van der Waals surface area contributed by atoms with Gasteiger partial charge in [0.25, 0.3) is 0 Å². The van der Waals surface area contributed by atoms with E-state index in [4.69, 9.17) is 0 Å². The van der Waals surface area contributed by atoms with Crippen molar-refractivity contribution in [1.29, 1.82) is 0 Å². The number of aliphatic hydroxyl groups is 1. The van der Waals surface area contributed by atoms with Crippen molar-refractivity contribution < 1.29 is 41.8 Å². The van der Waals surface area contributed by atoms with Crippen LogP contribution in [-0.2, 0) is 4.79 Å². The Bertz CT molecular complexity index is 979. The largest absolute Gasteiger partial charge is 0.477 e. The van der Waals surface area contributed by atoms with E-state index >= 15 is 0 Å². The number of aliphatic carboxylic acids is 1. The average molecular weight is 429 g/mol. The first-order valence-corrected chi connectivity index (χ1v) is 8.60. The summed E-state index contributed by atoms with van der Waals surface area (Å²) in [6.45, 7) is 0.855. The fourth-order valence-corrected chi connectivity index (χ4v) is 2.77. The van der Waals surface area contributed by atoms with E-state index in [0.29, 0.717) is 5.56 Å². The molecule has 0 fully saturated rings. The van der Waals surface area contributed by atoms with Crippen LogP contribution in [0.1, 0.15) is 35.3 Å². The predicted octanol–water partition coefficient (Wildman–Crippen LogP) is 3.64. The van der Waals surface area contributed by atoms with Gasteiger partial charge in [-0.15, -0.1) is 0 Å². The Balaban J connectivity index is 2.63. The van der Waals surface area contributed by atoms with Crippen molar-refractivity contribution in [2.24, 2.45) is 0 Å². The summed E-state index contributed by atoms with van der Waals surface area (Å²) in [4.78, 5) is 24.3. The lowest BCUT2D eigenvalue weighted by molar-refractivity contribution is -0.132. The maximum absolute atomic E-state index is 14.0. The third kappa shape index (κ3) is 4.33. The van der Waals surface area contributed by atoms with Gasteiger partial charge in [-0.25, -0.2) is 26.7 Å². The highest BCUT2D eigenvalue weighted by Crippen LogP contribution is 2.27. The number of ketones is 1. The standard InChI is InChI=1S/C20H16F5NO4/c1-2-10(26-11(8-27)9-6-4-3-5-7-9)12(20(29)30)19(28)13-14(21)16(23)18(25)17(24)15(13)22/h3-7,11,26-27H,2,8H2,1H3,(H,29,30)/t11-/m1/s1. The van der Waals surface area contributed by atoms with Crippen molar-refractivity contribution in [3.8, 4) is 0 Å². The number of carbonyl (C=O) groups is 2. The monoisotopic (exact) mass is 429 g/mol. The van der Waals surface area contributed by atoms with Gasteiger partial charge >= 0.3 is 5.97 Å². The van der Waals surface area contributed by atoms with Crippen molar-refractivity contribution >= 4 is 11.8 Å². The van der Waals surface area contributed by atoms with E-state index < -0.39 is 64.6 Å². The number of carboxylic acid groups (broad SMARTS) is 1. The minimum Gasteiger partial charge on any atom is -0.477 e. The van der Waals surface area contributed by atoms with Crippen LogP contribution in [0.15, 0.2) is 41.6 Å². The summed E-state index contributed by atoms with van der Waals surface area (Å²) in [6, 6.07) is 7.23.